The molecule has 1 rings (SSSR count). The number of nitrogens with zero attached hydrogens (tertiary/aromatic N) is 3. The minimum Gasteiger partial charge on any atom is -0.379 e. The van der Waals surface area contributed by atoms with Gasteiger partial charge < -0.3 is 5.32 Å². The fourth-order valence-corrected chi connectivity index (χ4v) is 0.867. The van der Waals surface area contributed by atoms with Crippen molar-refractivity contribution >= 4 is 5.69 Å². The normalized spacial score (nSPS) is 9.23. The van der Waals surface area contributed by atoms with Crippen molar-refractivity contribution < 1.29 is 0 Å². The third-order valence-corrected chi connectivity index (χ3v) is 1.46. The van der Waals surface area contributed by atoms with Gasteiger partial charge in [0.2, 0.25) is 0 Å². The standard InChI is InChI=1S/C9H12N4/c1-8(2)5-11-9-6-12-13(7-9)4-3-10/h6-7,11H,1,4-5H2,2H3. The minimum atomic E-state index is 0.286. The summed E-state index contributed by atoms with van der Waals surface area (Å²) < 4.78 is 1.58. The second kappa shape index (κ2) is 4.31. The molecule has 0 atom stereocenters. The molecule has 0 saturated carbocycles. The van der Waals surface area contributed by atoms with Crippen molar-refractivity contribution in [2.45, 2.75) is 13.5 Å². The van der Waals surface area contributed by atoms with Crippen LogP contribution in [0.15, 0.2) is 24.5 Å². The first-order valence-electron chi connectivity index (χ1n) is 4.00. The average molecular weight is 176 g/mol. The first-order chi connectivity index (χ1) is 6.22. The zero-order chi connectivity index (χ0) is 9.68. The van der Waals surface area contributed by atoms with Gasteiger partial charge in [-0.1, -0.05) is 12.2 Å². The van der Waals surface area contributed by atoms with Crippen molar-refractivity contribution in [2.75, 3.05) is 11.9 Å². The fraction of sp³-hybridized carbons (Fsp3) is 0.333. The fourth-order valence-electron chi connectivity index (χ4n) is 0.867. The molecule has 1 N–H and O–H groups in total. The Morgan fingerprint density at radius 2 is 2.62 bits per heavy atom. The van der Waals surface area contributed by atoms with E-state index in [4.69, 9.17) is 5.26 Å². The molecule has 0 unspecified atom stereocenters. The largest absolute Gasteiger partial charge is 0.379 e. The predicted octanol–water partition coefficient (Wildman–Crippen LogP) is 1.39. The number of nitriles is 1. The molecule has 68 valence electrons. The summed E-state index contributed by atoms with van der Waals surface area (Å²) in [5.74, 6) is 0. The molecule has 4 nitrogen and oxygen atoms in total. The van der Waals surface area contributed by atoms with Gasteiger partial charge in [0.25, 0.3) is 0 Å². The lowest BCUT2D eigenvalue weighted by molar-refractivity contribution is 0.710. The maximum atomic E-state index is 8.40. The van der Waals surface area contributed by atoms with Crippen LogP contribution < -0.4 is 5.32 Å². The second-order valence-corrected chi connectivity index (χ2v) is 2.90. The molecule has 0 aliphatic carbocycles. The molecule has 1 aromatic rings. The van der Waals surface area contributed by atoms with Gasteiger partial charge in [-0.05, 0) is 6.92 Å². The Balaban J connectivity index is 2.50. The van der Waals surface area contributed by atoms with Crippen LogP contribution in [-0.4, -0.2) is 16.3 Å². The van der Waals surface area contributed by atoms with Gasteiger partial charge in [-0.15, -0.1) is 0 Å². The summed E-state index contributed by atoms with van der Waals surface area (Å²) in [7, 11) is 0. The molecule has 0 aromatic carbocycles. The molecule has 0 radical (unpaired) electrons. The first-order valence-corrected chi connectivity index (χ1v) is 4.00. The van der Waals surface area contributed by atoms with Crippen molar-refractivity contribution in [3.8, 4) is 6.07 Å². The Morgan fingerprint density at radius 3 is 3.23 bits per heavy atom. The number of hydrogen-bond acceptors (Lipinski definition) is 3. The van der Waals surface area contributed by atoms with Crippen LogP contribution in [-0.2, 0) is 6.54 Å². The maximum absolute atomic E-state index is 8.40. The Morgan fingerprint density at radius 1 is 1.85 bits per heavy atom. The van der Waals surface area contributed by atoms with Crippen LogP contribution in [0.1, 0.15) is 6.92 Å². The lowest BCUT2D eigenvalue weighted by Gasteiger charge is -2.00. The number of aromatic nitrogens is 2. The van der Waals surface area contributed by atoms with E-state index < -0.39 is 0 Å². The van der Waals surface area contributed by atoms with Gasteiger partial charge in [0.15, 0.2) is 0 Å². The van der Waals surface area contributed by atoms with Gasteiger partial charge in [0.05, 0.1) is 18.0 Å². The van der Waals surface area contributed by atoms with Gasteiger partial charge >= 0.3 is 0 Å². The third-order valence-electron chi connectivity index (χ3n) is 1.46. The van der Waals surface area contributed by atoms with Crippen molar-refractivity contribution in [2.24, 2.45) is 0 Å². The molecular weight excluding hydrogens is 164 g/mol. The highest BCUT2D eigenvalue weighted by atomic mass is 15.3. The zero-order valence-electron chi connectivity index (χ0n) is 7.62. The summed E-state index contributed by atoms with van der Waals surface area (Å²) in [6.45, 7) is 6.74. The molecule has 13 heavy (non-hydrogen) atoms. The molecule has 0 spiro atoms. The highest BCUT2D eigenvalue weighted by Crippen LogP contribution is 2.04. The maximum Gasteiger partial charge on any atom is 0.128 e. The van der Waals surface area contributed by atoms with Crippen LogP contribution in [0.5, 0.6) is 0 Å². The second-order valence-electron chi connectivity index (χ2n) is 2.90. The molecule has 0 saturated heterocycles. The smallest absolute Gasteiger partial charge is 0.128 e. The topological polar surface area (TPSA) is 53.6 Å². The Labute approximate surface area is 77.5 Å². The van der Waals surface area contributed by atoms with Crippen LogP contribution in [0, 0.1) is 11.3 Å². The van der Waals surface area contributed by atoms with E-state index in [9.17, 15) is 0 Å². The van der Waals surface area contributed by atoms with Gasteiger partial charge in [-0.3, -0.25) is 4.68 Å². The molecule has 0 bridgehead atoms. The van der Waals surface area contributed by atoms with Crippen LogP contribution in [0.25, 0.3) is 0 Å². The lowest BCUT2D eigenvalue weighted by Crippen LogP contribution is -2.00. The number of rotatable bonds is 4. The summed E-state index contributed by atoms with van der Waals surface area (Å²) in [6.07, 6.45) is 3.49. The number of anilines is 1. The first kappa shape index (κ1) is 9.33. The summed E-state index contributed by atoms with van der Waals surface area (Å²) in [4.78, 5) is 0. The van der Waals surface area contributed by atoms with Crippen molar-refractivity contribution in [3.63, 3.8) is 0 Å². The van der Waals surface area contributed by atoms with Crippen LogP contribution in [0.2, 0.25) is 0 Å². The molecule has 0 aliphatic rings. The number of nitrogens with one attached hydrogen (secondary N) is 1. The Kier molecular flexibility index (Phi) is 3.09. The van der Waals surface area contributed by atoms with E-state index in [1.165, 1.54) is 0 Å². The van der Waals surface area contributed by atoms with E-state index in [0.29, 0.717) is 0 Å². The quantitative estimate of drug-likeness (QED) is 0.705. The third kappa shape index (κ3) is 2.99. The minimum absolute atomic E-state index is 0.286. The monoisotopic (exact) mass is 176 g/mol. The van der Waals surface area contributed by atoms with Gasteiger partial charge in [-0.25, -0.2) is 0 Å². The molecule has 1 aromatic heterocycles. The predicted molar refractivity (Wildman–Crippen MR) is 51.1 cm³/mol. The number of hydrogen-bond donors (Lipinski definition) is 1. The SMILES string of the molecule is C=C(C)CNc1cnn(CC#N)c1. The average Bonchev–Trinajstić information content (AvgIpc) is 2.50. The van der Waals surface area contributed by atoms with Gasteiger partial charge in [-0.2, -0.15) is 10.4 Å². The van der Waals surface area contributed by atoms with E-state index in [0.717, 1.165) is 17.8 Å². The molecule has 0 amide bonds. The van der Waals surface area contributed by atoms with Crippen molar-refractivity contribution in [1.29, 1.82) is 5.26 Å². The molecule has 1 heterocycles. The Bertz CT molecular complexity index is 332. The van der Waals surface area contributed by atoms with Crippen LogP contribution in [0.3, 0.4) is 0 Å². The summed E-state index contributed by atoms with van der Waals surface area (Å²) in [6, 6.07) is 2.02. The highest BCUT2D eigenvalue weighted by Gasteiger charge is 1.96. The van der Waals surface area contributed by atoms with E-state index >= 15 is 0 Å². The van der Waals surface area contributed by atoms with Crippen LogP contribution in [0.4, 0.5) is 5.69 Å². The van der Waals surface area contributed by atoms with Gasteiger partial charge in [0.1, 0.15) is 6.54 Å². The van der Waals surface area contributed by atoms with E-state index in [-0.39, 0.29) is 6.54 Å². The summed E-state index contributed by atoms with van der Waals surface area (Å²) in [5, 5.41) is 15.5. The van der Waals surface area contributed by atoms with E-state index in [2.05, 4.69) is 17.0 Å². The summed E-state index contributed by atoms with van der Waals surface area (Å²) in [5.41, 5.74) is 1.98. The highest BCUT2D eigenvalue weighted by molar-refractivity contribution is 5.39. The zero-order valence-corrected chi connectivity index (χ0v) is 7.62. The van der Waals surface area contributed by atoms with Crippen molar-refractivity contribution in [1.82, 2.24) is 9.78 Å². The molecular formula is C9H12N4. The Hall–Kier alpha value is -1.76. The van der Waals surface area contributed by atoms with E-state index in [1.54, 1.807) is 17.1 Å². The molecule has 0 fully saturated rings. The van der Waals surface area contributed by atoms with Crippen molar-refractivity contribution in [3.05, 3.63) is 24.5 Å². The van der Waals surface area contributed by atoms with E-state index in [1.807, 2.05) is 13.0 Å². The van der Waals surface area contributed by atoms with Crippen LogP contribution >= 0.6 is 0 Å². The lowest BCUT2D eigenvalue weighted by atomic mass is 10.3. The summed E-state index contributed by atoms with van der Waals surface area (Å²) >= 11 is 0. The molecule has 4 heteroatoms. The van der Waals surface area contributed by atoms with Gasteiger partial charge in [0, 0.05) is 12.7 Å². The molecule has 0 aliphatic heterocycles.